The highest BCUT2D eigenvalue weighted by Gasteiger charge is 2.19. The number of rotatable bonds is 46. The van der Waals surface area contributed by atoms with E-state index in [9.17, 15) is 14.4 Å². The van der Waals surface area contributed by atoms with Crippen molar-refractivity contribution < 1.29 is 28.6 Å². The normalized spacial score (nSPS) is 12.9. The van der Waals surface area contributed by atoms with Gasteiger partial charge in [0, 0.05) is 19.3 Å². The Morgan fingerprint density at radius 3 is 1.08 bits per heavy atom. The molecule has 64 heavy (non-hydrogen) atoms. The van der Waals surface area contributed by atoms with Crippen LogP contribution in [0.5, 0.6) is 0 Å². The van der Waals surface area contributed by atoms with E-state index in [1.807, 2.05) is 6.08 Å². The van der Waals surface area contributed by atoms with Crippen molar-refractivity contribution in [1.82, 2.24) is 0 Å². The fraction of sp³-hybridized carbons (Fsp3) is 0.672. The van der Waals surface area contributed by atoms with Crippen LogP contribution < -0.4 is 0 Å². The predicted molar refractivity (Wildman–Crippen MR) is 274 cm³/mol. The summed E-state index contributed by atoms with van der Waals surface area (Å²) in [6, 6.07) is 0. The van der Waals surface area contributed by atoms with E-state index in [2.05, 4.69) is 112 Å². The van der Waals surface area contributed by atoms with Gasteiger partial charge in [-0.1, -0.05) is 221 Å². The Bertz CT molecular complexity index is 1300. The number of unbranched alkanes of at least 4 members (excludes halogenated alkanes) is 19. The lowest BCUT2D eigenvalue weighted by Crippen LogP contribution is -2.30. The van der Waals surface area contributed by atoms with Gasteiger partial charge in [-0.25, -0.2) is 0 Å². The highest BCUT2D eigenvalue weighted by molar-refractivity contribution is 5.71. The Labute approximate surface area is 394 Å². The third kappa shape index (κ3) is 49.3. The standard InChI is InChI=1S/C58H96O6/c1-4-7-10-13-16-19-22-25-27-28-29-30-32-33-36-39-42-45-48-51-57(60)63-54-55(53-62-56(59)50-47-44-41-38-35-24-21-18-15-12-9-6-3)64-58(61)52-49-46-43-40-37-34-31-26-23-20-17-14-11-8-5-2/h8,11,16-17,19-20,25-27,29-31,33,36,42,45,55H,4-7,9-10,12-15,18,21-24,28,32,34-35,37-41,43-44,46-54H2,1-3H3/b11-8-,19-16-,20-17-,27-25-,30-29-,31-26-,36-33-,45-42-/t55-/m0/s1. The Kier molecular flexibility index (Phi) is 49.0. The van der Waals surface area contributed by atoms with Gasteiger partial charge in [0.05, 0.1) is 0 Å². The lowest BCUT2D eigenvalue weighted by molar-refractivity contribution is -0.166. The molecule has 0 radical (unpaired) electrons. The van der Waals surface area contributed by atoms with Crippen molar-refractivity contribution in [1.29, 1.82) is 0 Å². The molecule has 0 aromatic heterocycles. The van der Waals surface area contributed by atoms with Crippen molar-refractivity contribution in [2.75, 3.05) is 13.2 Å². The summed E-state index contributed by atoms with van der Waals surface area (Å²) < 4.78 is 16.7. The molecule has 0 unspecified atom stereocenters. The molecule has 364 valence electrons. The van der Waals surface area contributed by atoms with Gasteiger partial charge in [0.15, 0.2) is 6.10 Å². The average Bonchev–Trinajstić information content (AvgIpc) is 3.29. The van der Waals surface area contributed by atoms with Gasteiger partial charge in [0.25, 0.3) is 0 Å². The lowest BCUT2D eigenvalue weighted by Gasteiger charge is -2.18. The zero-order valence-corrected chi connectivity index (χ0v) is 41.5. The van der Waals surface area contributed by atoms with Crippen LogP contribution in [0.1, 0.15) is 233 Å². The molecule has 0 aliphatic rings. The summed E-state index contributed by atoms with van der Waals surface area (Å²) in [5.41, 5.74) is 0. The number of hydrogen-bond donors (Lipinski definition) is 0. The molecule has 0 aliphatic carbocycles. The minimum atomic E-state index is -0.815. The fourth-order valence-corrected chi connectivity index (χ4v) is 6.91. The zero-order chi connectivity index (χ0) is 46.5. The maximum Gasteiger partial charge on any atom is 0.306 e. The number of esters is 3. The van der Waals surface area contributed by atoms with E-state index in [1.165, 1.54) is 83.5 Å². The summed E-state index contributed by atoms with van der Waals surface area (Å²) in [4.78, 5) is 37.9. The van der Waals surface area contributed by atoms with Crippen LogP contribution in [-0.2, 0) is 28.6 Å². The molecule has 1 atom stereocenters. The highest BCUT2D eigenvalue weighted by atomic mass is 16.6. The Balaban J connectivity index is 4.52. The van der Waals surface area contributed by atoms with Crippen LogP contribution in [0.15, 0.2) is 97.2 Å². The maximum absolute atomic E-state index is 12.8. The number of ether oxygens (including phenoxy) is 3. The third-order valence-corrected chi connectivity index (χ3v) is 10.8. The third-order valence-electron chi connectivity index (χ3n) is 10.8. The first-order valence-corrected chi connectivity index (χ1v) is 26.2. The summed E-state index contributed by atoms with van der Waals surface area (Å²) in [6.45, 7) is 6.41. The SMILES string of the molecule is CC/C=C\C/C=C\C/C=C\CCCCCCCC(=O)O[C@H](COC(=O)CC/C=C\C/C=C\C/C=C\C/C=C\C/C=C\CCCCC)COC(=O)CCCCCCCCCCCCCC. The molecule has 0 saturated carbocycles. The molecule has 0 aliphatic heterocycles. The van der Waals surface area contributed by atoms with Gasteiger partial charge in [-0.05, 0) is 89.9 Å². The molecule has 6 heteroatoms. The second-order valence-electron chi connectivity index (χ2n) is 17.1. The van der Waals surface area contributed by atoms with Crippen LogP contribution in [0.3, 0.4) is 0 Å². The molecule has 0 bridgehead atoms. The first-order chi connectivity index (χ1) is 31.5. The summed E-state index contributed by atoms with van der Waals surface area (Å²) in [5, 5.41) is 0. The molecular formula is C58H96O6. The summed E-state index contributed by atoms with van der Waals surface area (Å²) >= 11 is 0. The molecule has 0 amide bonds. The van der Waals surface area contributed by atoms with Gasteiger partial charge in [0.2, 0.25) is 0 Å². The van der Waals surface area contributed by atoms with E-state index in [1.54, 1.807) is 0 Å². The molecule has 0 fully saturated rings. The monoisotopic (exact) mass is 889 g/mol. The quantitative estimate of drug-likeness (QED) is 0.0262. The van der Waals surface area contributed by atoms with Crippen LogP contribution in [-0.4, -0.2) is 37.2 Å². The average molecular weight is 889 g/mol. The van der Waals surface area contributed by atoms with E-state index in [0.717, 1.165) is 103 Å². The number of carbonyl (C=O) groups is 3. The minimum absolute atomic E-state index is 0.107. The van der Waals surface area contributed by atoms with Gasteiger partial charge < -0.3 is 14.2 Å². The van der Waals surface area contributed by atoms with Crippen molar-refractivity contribution in [2.24, 2.45) is 0 Å². The zero-order valence-electron chi connectivity index (χ0n) is 41.5. The molecule has 0 N–H and O–H groups in total. The molecule has 0 saturated heterocycles. The molecule has 0 aromatic rings. The maximum atomic E-state index is 12.8. The van der Waals surface area contributed by atoms with Crippen molar-refractivity contribution in [3.05, 3.63) is 97.2 Å². The predicted octanol–water partition coefficient (Wildman–Crippen LogP) is 17.4. The van der Waals surface area contributed by atoms with E-state index in [-0.39, 0.29) is 37.5 Å². The molecule has 0 heterocycles. The van der Waals surface area contributed by atoms with Crippen LogP contribution in [0.4, 0.5) is 0 Å². The topological polar surface area (TPSA) is 78.9 Å². The summed E-state index contributed by atoms with van der Waals surface area (Å²) in [5.74, 6) is -1.01. The smallest absolute Gasteiger partial charge is 0.306 e. The van der Waals surface area contributed by atoms with Crippen molar-refractivity contribution in [2.45, 2.75) is 239 Å². The van der Waals surface area contributed by atoms with Crippen LogP contribution in [0.25, 0.3) is 0 Å². The van der Waals surface area contributed by atoms with Crippen molar-refractivity contribution >= 4 is 17.9 Å². The number of carbonyl (C=O) groups excluding carboxylic acids is 3. The van der Waals surface area contributed by atoms with Gasteiger partial charge >= 0.3 is 17.9 Å². The summed E-state index contributed by atoms with van der Waals surface area (Å²) in [6.07, 6.45) is 68.3. The minimum Gasteiger partial charge on any atom is -0.462 e. The van der Waals surface area contributed by atoms with E-state index >= 15 is 0 Å². The van der Waals surface area contributed by atoms with Gasteiger partial charge in [-0.15, -0.1) is 0 Å². The van der Waals surface area contributed by atoms with Crippen molar-refractivity contribution in [3.63, 3.8) is 0 Å². The van der Waals surface area contributed by atoms with Crippen molar-refractivity contribution in [3.8, 4) is 0 Å². The number of hydrogen-bond acceptors (Lipinski definition) is 6. The molecule has 6 nitrogen and oxygen atoms in total. The largest absolute Gasteiger partial charge is 0.462 e. The van der Waals surface area contributed by atoms with Gasteiger partial charge in [-0.2, -0.15) is 0 Å². The molecule has 0 spiro atoms. The second kappa shape index (κ2) is 52.0. The Hall–Kier alpha value is -3.67. The van der Waals surface area contributed by atoms with E-state index in [0.29, 0.717) is 19.3 Å². The van der Waals surface area contributed by atoms with Gasteiger partial charge in [0.1, 0.15) is 13.2 Å². The molecule has 0 rings (SSSR count). The molecular weight excluding hydrogens is 793 g/mol. The van der Waals surface area contributed by atoms with E-state index in [4.69, 9.17) is 14.2 Å². The van der Waals surface area contributed by atoms with Crippen LogP contribution >= 0.6 is 0 Å². The first kappa shape index (κ1) is 60.3. The fourth-order valence-electron chi connectivity index (χ4n) is 6.91. The van der Waals surface area contributed by atoms with Crippen LogP contribution in [0, 0.1) is 0 Å². The second-order valence-corrected chi connectivity index (χ2v) is 17.1. The Morgan fingerprint density at radius 1 is 0.328 bits per heavy atom. The summed E-state index contributed by atoms with van der Waals surface area (Å²) in [7, 11) is 0. The molecule has 0 aromatic carbocycles. The Morgan fingerprint density at radius 2 is 0.641 bits per heavy atom. The highest BCUT2D eigenvalue weighted by Crippen LogP contribution is 2.14. The lowest BCUT2D eigenvalue weighted by atomic mass is 10.0. The van der Waals surface area contributed by atoms with Gasteiger partial charge in [-0.3, -0.25) is 14.4 Å². The first-order valence-electron chi connectivity index (χ1n) is 26.2. The van der Waals surface area contributed by atoms with E-state index < -0.39 is 6.10 Å². The number of allylic oxidation sites excluding steroid dienone is 16. The van der Waals surface area contributed by atoms with Crippen LogP contribution in [0.2, 0.25) is 0 Å².